The van der Waals surface area contributed by atoms with Crippen LogP contribution in [0.3, 0.4) is 0 Å². The molecule has 1 aromatic heterocycles. The fraction of sp³-hybridized carbons (Fsp3) is 0.250. The number of aromatic nitrogens is 2. The summed E-state index contributed by atoms with van der Waals surface area (Å²) < 4.78 is 4.81. The van der Waals surface area contributed by atoms with Gasteiger partial charge in [0.1, 0.15) is 0 Å². The molecule has 7 heteroatoms. The van der Waals surface area contributed by atoms with Crippen molar-refractivity contribution in [3.8, 4) is 0 Å². The summed E-state index contributed by atoms with van der Waals surface area (Å²) in [7, 11) is 0. The molecule has 0 fully saturated rings. The second-order valence-electron chi connectivity index (χ2n) is 3.89. The lowest BCUT2D eigenvalue weighted by atomic mass is 10.3. The van der Waals surface area contributed by atoms with Crippen LogP contribution in [-0.4, -0.2) is 22.6 Å². The number of nitrogens with one attached hydrogen (secondary N) is 2. The molecule has 0 unspecified atom stereocenters. The molecule has 100 valence electrons. The highest BCUT2D eigenvalue weighted by molar-refractivity contribution is 6.30. The number of amides is 1. The quantitative estimate of drug-likeness (QED) is 0.872. The number of halogens is 1. The van der Waals surface area contributed by atoms with Crippen molar-refractivity contribution in [3.63, 3.8) is 0 Å². The highest BCUT2D eigenvalue weighted by atomic mass is 35.5. The zero-order chi connectivity index (χ0) is 13.7. The zero-order valence-corrected chi connectivity index (χ0v) is 11.1. The molecule has 0 saturated carbocycles. The summed E-state index contributed by atoms with van der Waals surface area (Å²) >= 11 is 5.82. The summed E-state index contributed by atoms with van der Waals surface area (Å²) in [6.07, 6.45) is 0. The monoisotopic (exact) mass is 280 g/mol. The van der Waals surface area contributed by atoms with E-state index in [2.05, 4.69) is 20.8 Å². The van der Waals surface area contributed by atoms with E-state index in [0.29, 0.717) is 29.0 Å². The van der Waals surface area contributed by atoms with Gasteiger partial charge in [-0.1, -0.05) is 22.8 Å². The van der Waals surface area contributed by atoms with Crippen LogP contribution in [0, 0.1) is 6.92 Å². The Morgan fingerprint density at radius 1 is 1.47 bits per heavy atom. The van der Waals surface area contributed by atoms with Crippen molar-refractivity contribution in [2.24, 2.45) is 0 Å². The number of nitrogens with zero attached hydrogens (tertiary/aromatic N) is 2. The molecule has 0 aliphatic heterocycles. The van der Waals surface area contributed by atoms with Crippen molar-refractivity contribution in [1.82, 2.24) is 15.5 Å². The summed E-state index contributed by atoms with van der Waals surface area (Å²) in [4.78, 5) is 15.7. The van der Waals surface area contributed by atoms with Gasteiger partial charge >= 0.3 is 0 Å². The van der Waals surface area contributed by atoms with E-state index >= 15 is 0 Å². The maximum atomic E-state index is 11.6. The predicted molar refractivity (Wildman–Crippen MR) is 70.8 cm³/mol. The van der Waals surface area contributed by atoms with Gasteiger partial charge in [0.2, 0.25) is 11.8 Å². The third-order valence-electron chi connectivity index (χ3n) is 2.25. The molecule has 1 amide bonds. The van der Waals surface area contributed by atoms with E-state index in [1.54, 1.807) is 31.2 Å². The first-order valence-electron chi connectivity index (χ1n) is 5.69. The minimum atomic E-state index is -0.164. The molecule has 0 atom stereocenters. The average molecular weight is 281 g/mol. The Kier molecular flexibility index (Phi) is 4.48. The van der Waals surface area contributed by atoms with Gasteiger partial charge in [-0.2, -0.15) is 4.98 Å². The van der Waals surface area contributed by atoms with Gasteiger partial charge in [0, 0.05) is 17.6 Å². The number of aryl methyl sites for hydroxylation is 1. The highest BCUT2D eigenvalue weighted by Gasteiger charge is 2.05. The zero-order valence-electron chi connectivity index (χ0n) is 10.3. The normalized spacial score (nSPS) is 10.4. The van der Waals surface area contributed by atoms with Gasteiger partial charge in [-0.05, 0) is 18.2 Å². The maximum absolute atomic E-state index is 11.6. The van der Waals surface area contributed by atoms with Crippen LogP contribution in [0.2, 0.25) is 5.02 Å². The summed E-state index contributed by atoms with van der Waals surface area (Å²) in [6.45, 7) is 2.24. The Hall–Kier alpha value is -1.92. The van der Waals surface area contributed by atoms with E-state index in [4.69, 9.17) is 16.1 Å². The van der Waals surface area contributed by atoms with Crippen LogP contribution in [0.25, 0.3) is 0 Å². The van der Waals surface area contributed by atoms with Crippen LogP contribution < -0.4 is 10.6 Å². The molecular formula is C12H13ClN4O2. The van der Waals surface area contributed by atoms with Gasteiger partial charge in [-0.25, -0.2) is 0 Å². The van der Waals surface area contributed by atoms with E-state index in [1.807, 2.05) is 0 Å². The van der Waals surface area contributed by atoms with Gasteiger partial charge in [0.15, 0.2) is 5.82 Å². The minimum Gasteiger partial charge on any atom is -0.340 e. The van der Waals surface area contributed by atoms with E-state index in [9.17, 15) is 4.79 Å². The molecule has 0 saturated heterocycles. The lowest BCUT2D eigenvalue weighted by Gasteiger charge is -2.05. The third-order valence-corrected chi connectivity index (χ3v) is 2.48. The van der Waals surface area contributed by atoms with Crippen molar-refractivity contribution < 1.29 is 9.32 Å². The Bertz CT molecular complexity index is 570. The van der Waals surface area contributed by atoms with Crippen molar-refractivity contribution >= 4 is 23.2 Å². The van der Waals surface area contributed by atoms with Crippen LogP contribution in [0.1, 0.15) is 11.7 Å². The second kappa shape index (κ2) is 6.31. The number of hydrogen-bond acceptors (Lipinski definition) is 5. The molecule has 0 aliphatic rings. The molecule has 1 heterocycles. The first kappa shape index (κ1) is 13.5. The van der Waals surface area contributed by atoms with Crippen LogP contribution >= 0.6 is 11.6 Å². The fourth-order valence-corrected chi connectivity index (χ4v) is 1.66. The molecule has 2 rings (SSSR count). The van der Waals surface area contributed by atoms with Crippen LogP contribution in [0.5, 0.6) is 0 Å². The van der Waals surface area contributed by atoms with Crippen LogP contribution in [0.4, 0.5) is 5.69 Å². The molecular weight excluding hydrogens is 268 g/mol. The van der Waals surface area contributed by atoms with E-state index in [-0.39, 0.29) is 12.5 Å². The van der Waals surface area contributed by atoms with Crippen molar-refractivity contribution in [2.45, 2.75) is 13.5 Å². The molecule has 2 N–H and O–H groups in total. The van der Waals surface area contributed by atoms with Crippen LogP contribution in [-0.2, 0) is 11.3 Å². The smallest absolute Gasteiger partial charge is 0.238 e. The van der Waals surface area contributed by atoms with E-state index in [1.165, 1.54) is 0 Å². The number of anilines is 1. The second-order valence-corrected chi connectivity index (χ2v) is 4.33. The Balaban J connectivity index is 1.76. The molecule has 1 aromatic carbocycles. The molecule has 6 nitrogen and oxygen atoms in total. The predicted octanol–water partition coefficient (Wildman–Crippen LogP) is 1.76. The standard InChI is InChI=1S/C12H13ClN4O2/c1-8-15-11(17-19-8)6-14-7-12(18)16-10-4-2-3-9(13)5-10/h2-5,14H,6-7H2,1H3,(H,16,18). The van der Waals surface area contributed by atoms with Gasteiger partial charge in [0.25, 0.3) is 0 Å². The topological polar surface area (TPSA) is 80.0 Å². The SMILES string of the molecule is Cc1nc(CNCC(=O)Nc2cccc(Cl)c2)no1. The molecule has 0 radical (unpaired) electrons. The van der Waals surface area contributed by atoms with Gasteiger partial charge in [-0.3, -0.25) is 4.79 Å². The Morgan fingerprint density at radius 3 is 3.00 bits per heavy atom. The van der Waals surface area contributed by atoms with E-state index in [0.717, 1.165) is 0 Å². The summed E-state index contributed by atoms with van der Waals surface area (Å²) in [5.74, 6) is 0.857. The Labute approximate surface area is 115 Å². The Morgan fingerprint density at radius 2 is 2.32 bits per heavy atom. The molecule has 0 aliphatic carbocycles. The molecule has 0 bridgehead atoms. The highest BCUT2D eigenvalue weighted by Crippen LogP contribution is 2.14. The third kappa shape index (κ3) is 4.35. The number of benzene rings is 1. The number of rotatable bonds is 5. The summed E-state index contributed by atoms with van der Waals surface area (Å²) in [5.41, 5.74) is 0.662. The number of carbonyl (C=O) groups excluding carboxylic acids is 1. The number of carbonyl (C=O) groups is 1. The van der Waals surface area contributed by atoms with Crippen molar-refractivity contribution in [1.29, 1.82) is 0 Å². The molecule has 2 aromatic rings. The van der Waals surface area contributed by atoms with Crippen molar-refractivity contribution in [3.05, 3.63) is 41.0 Å². The van der Waals surface area contributed by atoms with Gasteiger partial charge in [0.05, 0.1) is 13.1 Å². The maximum Gasteiger partial charge on any atom is 0.238 e. The molecule has 19 heavy (non-hydrogen) atoms. The lowest BCUT2D eigenvalue weighted by Crippen LogP contribution is -2.28. The van der Waals surface area contributed by atoms with Gasteiger partial charge < -0.3 is 15.2 Å². The van der Waals surface area contributed by atoms with E-state index < -0.39 is 0 Å². The lowest BCUT2D eigenvalue weighted by molar-refractivity contribution is -0.115. The molecule has 0 spiro atoms. The average Bonchev–Trinajstić information content (AvgIpc) is 2.75. The van der Waals surface area contributed by atoms with Gasteiger partial charge in [-0.15, -0.1) is 0 Å². The number of hydrogen-bond donors (Lipinski definition) is 2. The largest absolute Gasteiger partial charge is 0.340 e. The fourth-order valence-electron chi connectivity index (χ4n) is 1.47. The van der Waals surface area contributed by atoms with Crippen molar-refractivity contribution in [2.75, 3.05) is 11.9 Å². The first-order valence-corrected chi connectivity index (χ1v) is 6.06. The summed E-state index contributed by atoms with van der Waals surface area (Å²) in [6, 6.07) is 6.97. The minimum absolute atomic E-state index is 0.153. The first-order chi connectivity index (χ1) is 9.13. The van der Waals surface area contributed by atoms with Crippen LogP contribution in [0.15, 0.2) is 28.8 Å². The summed E-state index contributed by atoms with van der Waals surface area (Å²) in [5, 5.41) is 9.93.